The Bertz CT molecular complexity index is 4860. The second kappa shape index (κ2) is 20.2. The summed E-state index contributed by atoms with van der Waals surface area (Å²) in [5, 5.41) is 30.0. The smallest absolute Gasteiger partial charge is 0.343 e. The Kier molecular flexibility index (Phi) is 11.9. The molecule has 0 saturated heterocycles. The van der Waals surface area contributed by atoms with Gasteiger partial charge in [0.05, 0.1) is 33.9 Å². The maximum atomic E-state index is 14.5. The van der Waals surface area contributed by atoms with Gasteiger partial charge >= 0.3 is 11.9 Å². The number of phenols is 2. The number of fused-ring (bicyclic) bond motifs is 12. The number of aromatic hydroxyl groups is 2. The van der Waals surface area contributed by atoms with Gasteiger partial charge in [0.1, 0.15) is 23.0 Å². The molecule has 84 heavy (non-hydrogen) atoms. The number of hydrogen-bond acceptors (Lipinski definition) is 8. The second-order valence-electron chi connectivity index (χ2n) is 20.8. The molecule has 0 aliphatic carbocycles. The number of hydrogen-bond donors (Lipinski definition) is 4. The van der Waals surface area contributed by atoms with E-state index in [9.17, 15) is 19.8 Å². The zero-order valence-electron chi connectivity index (χ0n) is 44.7. The first-order valence-electron chi connectivity index (χ1n) is 27.5. The molecular formula is C74H46N4O6. The third-order valence-electron chi connectivity index (χ3n) is 15.7. The first-order chi connectivity index (χ1) is 41.2. The van der Waals surface area contributed by atoms with Crippen LogP contribution in [0, 0.1) is 0 Å². The van der Waals surface area contributed by atoms with Crippen LogP contribution < -0.4 is 9.47 Å². The molecule has 0 spiro atoms. The topological polar surface area (TPSA) is 150 Å². The summed E-state index contributed by atoms with van der Waals surface area (Å²) in [5.74, 6) is -0.341. The van der Waals surface area contributed by atoms with Crippen molar-refractivity contribution >= 4 is 101 Å². The lowest BCUT2D eigenvalue weighted by atomic mass is 9.92. The van der Waals surface area contributed by atoms with E-state index in [1.807, 2.05) is 218 Å². The summed E-state index contributed by atoms with van der Waals surface area (Å²) in [7, 11) is 0. The molecule has 0 saturated carbocycles. The molecule has 0 atom stereocenters. The highest BCUT2D eigenvalue weighted by Gasteiger charge is 2.24. The van der Waals surface area contributed by atoms with E-state index >= 15 is 0 Å². The third-order valence-corrected chi connectivity index (χ3v) is 15.7. The number of nitrogens with one attached hydrogen (secondary N) is 2. The number of ether oxygens (including phenoxy) is 2. The first-order valence-corrected chi connectivity index (χ1v) is 27.5. The van der Waals surface area contributed by atoms with E-state index in [0.29, 0.717) is 67.7 Å². The largest absolute Gasteiger partial charge is 0.507 e. The number of carbonyl (C=O) groups is 2. The number of aromatic nitrogens is 4. The Morgan fingerprint density at radius 2 is 0.726 bits per heavy atom. The minimum Gasteiger partial charge on any atom is -0.507 e. The van der Waals surface area contributed by atoms with E-state index in [2.05, 4.69) is 9.97 Å². The van der Waals surface area contributed by atoms with Crippen molar-refractivity contribution in [2.24, 2.45) is 0 Å². The van der Waals surface area contributed by atoms with E-state index in [1.165, 1.54) is 0 Å². The van der Waals surface area contributed by atoms with Crippen LogP contribution in [-0.2, 0) is 0 Å². The first kappa shape index (κ1) is 49.4. The maximum absolute atomic E-state index is 14.5. The SMILES string of the molecule is O=C(Oc1ccc2ccccc2c1-c1c(O)ccc2ccccc12)c1cccc(-c2c3nc(cc4ccc([nH]4)c(-c4cccc(C(=O)Oc5ccc6ccccc6c5-c5c(O)ccc6ccccc56)c4)c4nc(cc5ccc2[nH]5)C=C4)C=C3)c1. The molecule has 2 aliphatic rings. The molecule has 398 valence electrons. The van der Waals surface area contributed by atoms with Crippen molar-refractivity contribution in [3.05, 3.63) is 264 Å². The van der Waals surface area contributed by atoms with Crippen molar-refractivity contribution in [1.82, 2.24) is 19.9 Å². The fraction of sp³-hybridized carbons (Fsp3) is 0. The predicted octanol–water partition coefficient (Wildman–Crippen LogP) is 17.8. The van der Waals surface area contributed by atoms with Crippen LogP contribution in [0.5, 0.6) is 23.0 Å². The molecule has 0 amide bonds. The highest BCUT2D eigenvalue weighted by molar-refractivity contribution is 6.12. The number of esters is 2. The van der Waals surface area contributed by atoms with E-state index in [-0.39, 0.29) is 11.5 Å². The summed E-state index contributed by atoms with van der Waals surface area (Å²) < 4.78 is 12.7. The standard InChI is InChI=1S/C74H46N4O6/c79-63-35-23-43-11-1-5-19-55(43)69(63)71-57-21-7-3-13-45(57)25-37-65(71)83-73(81)49-17-9-15-47(39-49)67-59-31-27-51(75-59)41-53-29-33-61(77-53)68(62-34-30-54(78-62)42-52-28-32-60(67)76-52)48-16-10-18-50(40-48)74(82)84-66-38-26-46-14-4-8-22-58(46)72(66)70-56-20-6-2-12-44(56)24-36-64(70)80/h1-42,75,78-80H. The van der Waals surface area contributed by atoms with Gasteiger partial charge in [0.2, 0.25) is 0 Å². The Morgan fingerprint density at radius 1 is 0.345 bits per heavy atom. The van der Waals surface area contributed by atoms with Gasteiger partial charge in [-0.15, -0.1) is 0 Å². The number of carbonyl (C=O) groups excluding carboxylic acids is 2. The second-order valence-corrected chi connectivity index (χ2v) is 20.8. The molecule has 3 aromatic heterocycles. The quantitative estimate of drug-likeness (QED) is 0.0868. The molecule has 0 unspecified atom stereocenters. The lowest BCUT2D eigenvalue weighted by Crippen LogP contribution is -2.09. The molecule has 10 heteroatoms. The van der Waals surface area contributed by atoms with Crippen molar-refractivity contribution in [2.75, 3.05) is 0 Å². The van der Waals surface area contributed by atoms with Crippen LogP contribution >= 0.6 is 0 Å². The van der Waals surface area contributed by atoms with Crippen LogP contribution in [0.25, 0.3) is 134 Å². The van der Waals surface area contributed by atoms with Crippen LogP contribution in [0.15, 0.2) is 231 Å². The molecular weight excluding hydrogens is 1040 g/mol. The monoisotopic (exact) mass is 1090 g/mol. The van der Waals surface area contributed by atoms with Gasteiger partial charge < -0.3 is 29.7 Å². The highest BCUT2D eigenvalue weighted by atomic mass is 16.5. The summed E-state index contributed by atoms with van der Waals surface area (Å²) in [4.78, 5) is 46.6. The number of H-pyrrole nitrogens is 2. The van der Waals surface area contributed by atoms with Gasteiger partial charge in [-0.3, -0.25) is 0 Å². The highest BCUT2D eigenvalue weighted by Crippen LogP contribution is 2.47. The lowest BCUT2D eigenvalue weighted by Gasteiger charge is -2.17. The normalized spacial score (nSPS) is 11.9. The molecule has 15 rings (SSSR count). The third kappa shape index (κ3) is 8.78. The van der Waals surface area contributed by atoms with E-state index in [0.717, 1.165) is 87.4 Å². The summed E-state index contributed by atoms with van der Waals surface area (Å²) in [5.41, 5.74) is 11.9. The lowest BCUT2D eigenvalue weighted by molar-refractivity contribution is 0.0726. The van der Waals surface area contributed by atoms with Gasteiger partial charge in [0.15, 0.2) is 0 Å². The van der Waals surface area contributed by atoms with Gasteiger partial charge in [-0.2, -0.15) is 0 Å². The molecule has 4 N–H and O–H groups in total. The number of benzene rings is 10. The molecule has 13 aromatic rings. The van der Waals surface area contributed by atoms with Crippen LogP contribution in [0.1, 0.15) is 43.5 Å². The van der Waals surface area contributed by atoms with Gasteiger partial charge in [0.25, 0.3) is 0 Å². The average Bonchev–Trinajstić information content (AvgIpc) is 3.20. The van der Waals surface area contributed by atoms with E-state index in [1.54, 1.807) is 36.4 Å². The van der Waals surface area contributed by atoms with Crippen molar-refractivity contribution in [2.45, 2.75) is 0 Å². The van der Waals surface area contributed by atoms with E-state index in [4.69, 9.17) is 19.4 Å². The predicted molar refractivity (Wildman–Crippen MR) is 337 cm³/mol. The minimum atomic E-state index is -0.565. The summed E-state index contributed by atoms with van der Waals surface area (Å²) >= 11 is 0. The van der Waals surface area contributed by atoms with Gasteiger partial charge in [0, 0.05) is 55.4 Å². The Balaban J connectivity index is 0.796. The molecule has 8 bridgehead atoms. The van der Waals surface area contributed by atoms with E-state index < -0.39 is 11.9 Å². The fourth-order valence-corrected chi connectivity index (χ4v) is 11.8. The molecule has 2 aliphatic heterocycles. The summed E-state index contributed by atoms with van der Waals surface area (Å²) in [6, 6.07) is 72.6. The molecule has 5 heterocycles. The number of nitrogens with zero attached hydrogens (tertiary/aromatic N) is 2. The number of phenolic OH excluding ortho intramolecular Hbond substituents is 2. The number of aromatic amines is 2. The van der Waals surface area contributed by atoms with Crippen molar-refractivity contribution in [3.63, 3.8) is 0 Å². The summed E-state index contributed by atoms with van der Waals surface area (Å²) in [6.07, 6.45) is 7.85. The fourth-order valence-electron chi connectivity index (χ4n) is 11.8. The van der Waals surface area contributed by atoms with Crippen LogP contribution in [-0.4, -0.2) is 42.1 Å². The van der Waals surface area contributed by atoms with Crippen LogP contribution in [0.4, 0.5) is 0 Å². The Morgan fingerprint density at radius 3 is 1.14 bits per heavy atom. The zero-order valence-corrected chi connectivity index (χ0v) is 44.7. The Hall–Kier alpha value is -11.6. The zero-order chi connectivity index (χ0) is 56.4. The van der Waals surface area contributed by atoms with Crippen molar-refractivity contribution < 1.29 is 29.3 Å². The van der Waals surface area contributed by atoms with Gasteiger partial charge in [-0.05, 0) is 163 Å². The molecule has 0 fully saturated rings. The molecule has 0 radical (unpaired) electrons. The van der Waals surface area contributed by atoms with Crippen LogP contribution in [0.3, 0.4) is 0 Å². The maximum Gasteiger partial charge on any atom is 0.343 e. The van der Waals surface area contributed by atoms with Crippen LogP contribution in [0.2, 0.25) is 0 Å². The Labute approximate surface area is 480 Å². The average molecular weight is 1090 g/mol. The van der Waals surface area contributed by atoms with Gasteiger partial charge in [-0.25, -0.2) is 19.6 Å². The molecule has 10 nitrogen and oxygen atoms in total. The number of rotatable bonds is 8. The minimum absolute atomic E-state index is 0.0772. The molecule has 10 aromatic carbocycles. The van der Waals surface area contributed by atoms with Gasteiger partial charge in [-0.1, -0.05) is 146 Å². The van der Waals surface area contributed by atoms with Crippen molar-refractivity contribution in [3.8, 4) is 67.5 Å². The summed E-state index contributed by atoms with van der Waals surface area (Å²) in [6.45, 7) is 0. The van der Waals surface area contributed by atoms with Crippen molar-refractivity contribution in [1.29, 1.82) is 0 Å².